The summed E-state index contributed by atoms with van der Waals surface area (Å²) >= 11 is 4.98. The van der Waals surface area contributed by atoms with Gasteiger partial charge < -0.3 is 9.47 Å². The van der Waals surface area contributed by atoms with Crippen LogP contribution >= 0.6 is 34.4 Å². The van der Waals surface area contributed by atoms with Crippen LogP contribution in [0.2, 0.25) is 0 Å². The Hall–Kier alpha value is -10.3. The van der Waals surface area contributed by atoms with Crippen LogP contribution in [0.5, 0.6) is 11.5 Å². The zero-order valence-electron chi connectivity index (χ0n) is 51.3. The minimum Gasteiger partial charge on any atom is -0.490 e. The van der Waals surface area contributed by atoms with Gasteiger partial charge in [0.25, 0.3) is 0 Å². The molecular weight excluding hydrogens is 1190 g/mol. The van der Waals surface area contributed by atoms with Crippen molar-refractivity contribution in [2.24, 2.45) is 0 Å². The van der Waals surface area contributed by atoms with Crippen molar-refractivity contribution in [2.45, 2.75) is 51.7 Å². The molecule has 444 valence electrons. The normalized spacial score (nSPS) is 14.6. The Kier molecular flexibility index (Phi) is 13.6. The first-order valence-corrected chi connectivity index (χ1v) is 34.6. The van der Waals surface area contributed by atoms with Gasteiger partial charge in [0.2, 0.25) is 0 Å². The van der Waals surface area contributed by atoms with Gasteiger partial charge in [-0.2, -0.15) is 8.75 Å². The fourth-order valence-corrected chi connectivity index (χ4v) is 17.6. The molecule has 0 amide bonds. The molecular formula is C86H60N2O2S3. The van der Waals surface area contributed by atoms with Crippen molar-refractivity contribution in [1.82, 2.24) is 8.75 Å². The number of rotatable bonds is 10. The van der Waals surface area contributed by atoms with E-state index in [-0.39, 0.29) is 12.2 Å². The standard InChI is InChI=1S/C86H60N2O2S3/c1-51-31-33-59-41-57(35-39-79(59)89-51)77-49-81(91-85(77)65-45-61(71-27-11-19-53-15-3-7-23-67(53)71)43-62(46-65)72-28-12-20-54-16-4-8-24-68(54)72)75-37-38-76(84-83(75)87-93-88-84)82-50-78(58-36-40-80-60(42-58)34-32-52(2)90-80)86(92-82)66-47-63(73-29-13-21-55-17-5-9-25-69(55)73)44-64(48-66)74-30-14-22-56-18-6-10-26-70(56)74/h3-30,35-52H,31-34H2,1-2H3. The van der Waals surface area contributed by atoms with Crippen molar-refractivity contribution in [3.05, 3.63) is 278 Å². The predicted octanol–water partition coefficient (Wildman–Crippen LogP) is 24.5. The van der Waals surface area contributed by atoms with Crippen LogP contribution in [-0.2, 0) is 12.8 Å². The zero-order valence-corrected chi connectivity index (χ0v) is 53.8. The first-order valence-electron chi connectivity index (χ1n) is 32.2. The van der Waals surface area contributed by atoms with Crippen LogP contribution in [0.1, 0.15) is 37.8 Å². The van der Waals surface area contributed by atoms with Gasteiger partial charge >= 0.3 is 0 Å². The van der Waals surface area contributed by atoms with Crippen LogP contribution in [0.3, 0.4) is 0 Å². The third-order valence-electron chi connectivity index (χ3n) is 19.2. The number of aryl methyl sites for hydroxylation is 2. The molecule has 2 aliphatic rings. The summed E-state index contributed by atoms with van der Waals surface area (Å²) in [7, 11) is 0. The summed E-state index contributed by atoms with van der Waals surface area (Å²) in [5, 5.41) is 9.79. The van der Waals surface area contributed by atoms with E-state index in [1.54, 1.807) is 0 Å². The van der Waals surface area contributed by atoms with E-state index in [2.05, 4.69) is 281 Å². The van der Waals surface area contributed by atoms with Gasteiger partial charge in [-0.3, -0.25) is 0 Å². The van der Waals surface area contributed by atoms with Crippen LogP contribution in [0, 0.1) is 0 Å². The average Bonchev–Trinajstić information content (AvgIpc) is 1.70. The Morgan fingerprint density at radius 3 is 1.00 bits per heavy atom. The molecule has 2 atom stereocenters. The molecule has 0 N–H and O–H groups in total. The number of nitrogens with zero attached hydrogens (tertiary/aromatic N) is 2. The molecule has 0 radical (unpaired) electrons. The van der Waals surface area contributed by atoms with Gasteiger partial charge in [-0.1, -0.05) is 194 Å². The summed E-state index contributed by atoms with van der Waals surface area (Å²) in [6.45, 7) is 4.35. The van der Waals surface area contributed by atoms with Gasteiger partial charge in [-0.15, -0.1) is 22.7 Å². The minimum absolute atomic E-state index is 0.184. The van der Waals surface area contributed by atoms with Crippen LogP contribution in [-0.4, -0.2) is 21.0 Å². The molecule has 3 aromatic heterocycles. The number of ether oxygens (including phenoxy) is 2. The molecule has 0 aliphatic carbocycles. The Balaban J connectivity index is 0.829. The quantitative estimate of drug-likeness (QED) is 0.137. The maximum atomic E-state index is 6.44. The molecule has 18 rings (SSSR count). The first-order chi connectivity index (χ1) is 45.8. The maximum Gasteiger partial charge on any atom is 0.122 e. The molecule has 0 fully saturated rings. The molecule has 4 nitrogen and oxygen atoms in total. The van der Waals surface area contributed by atoms with E-state index >= 15 is 0 Å². The lowest BCUT2D eigenvalue weighted by atomic mass is 9.90. The predicted molar refractivity (Wildman–Crippen MR) is 394 cm³/mol. The Morgan fingerprint density at radius 1 is 0.301 bits per heavy atom. The highest BCUT2D eigenvalue weighted by Gasteiger charge is 2.27. The van der Waals surface area contributed by atoms with E-state index in [9.17, 15) is 0 Å². The third kappa shape index (κ3) is 9.93. The highest BCUT2D eigenvalue weighted by Crippen LogP contribution is 2.52. The molecule has 2 unspecified atom stereocenters. The molecule has 13 aromatic carbocycles. The smallest absolute Gasteiger partial charge is 0.122 e. The zero-order chi connectivity index (χ0) is 61.7. The number of hydrogen-bond acceptors (Lipinski definition) is 7. The molecule has 0 spiro atoms. The first kappa shape index (κ1) is 55.6. The van der Waals surface area contributed by atoms with Gasteiger partial charge in [-0.05, 0) is 233 Å². The Morgan fingerprint density at radius 2 is 0.634 bits per heavy atom. The van der Waals surface area contributed by atoms with Crippen molar-refractivity contribution in [1.29, 1.82) is 0 Å². The Bertz CT molecular complexity index is 5110. The van der Waals surface area contributed by atoms with Crippen molar-refractivity contribution < 1.29 is 9.47 Å². The van der Waals surface area contributed by atoms with Gasteiger partial charge in [0.1, 0.15) is 22.5 Å². The second-order valence-electron chi connectivity index (χ2n) is 25.1. The number of thiophene rings is 2. The second kappa shape index (κ2) is 22.8. The summed E-state index contributed by atoms with van der Waals surface area (Å²) in [4.78, 5) is 4.67. The molecule has 93 heavy (non-hydrogen) atoms. The topological polar surface area (TPSA) is 44.2 Å². The third-order valence-corrected chi connectivity index (χ3v) is 22.2. The second-order valence-corrected chi connectivity index (χ2v) is 27.7. The number of benzene rings is 13. The molecule has 16 aromatic rings. The van der Waals surface area contributed by atoms with E-state index in [1.807, 2.05) is 22.7 Å². The van der Waals surface area contributed by atoms with E-state index in [4.69, 9.17) is 18.2 Å². The summed E-state index contributed by atoms with van der Waals surface area (Å²) in [5.41, 5.74) is 23.0. The van der Waals surface area contributed by atoms with Gasteiger partial charge in [-0.25, -0.2) is 0 Å². The Labute approximate surface area is 552 Å². The lowest BCUT2D eigenvalue weighted by Gasteiger charge is -2.23. The van der Waals surface area contributed by atoms with Gasteiger partial charge in [0, 0.05) is 41.8 Å². The summed E-state index contributed by atoms with van der Waals surface area (Å²) < 4.78 is 23.4. The van der Waals surface area contributed by atoms with Crippen LogP contribution < -0.4 is 9.47 Å². The van der Waals surface area contributed by atoms with E-state index < -0.39 is 0 Å². The molecule has 7 heteroatoms. The molecule has 0 saturated heterocycles. The fraction of sp³-hybridized carbons (Fsp3) is 0.0930. The van der Waals surface area contributed by atoms with Crippen molar-refractivity contribution in [3.8, 4) is 120 Å². The largest absolute Gasteiger partial charge is 0.490 e. The molecule has 5 heterocycles. The highest BCUT2D eigenvalue weighted by molar-refractivity contribution is 7.20. The van der Waals surface area contributed by atoms with Crippen LogP contribution in [0.25, 0.3) is 163 Å². The summed E-state index contributed by atoms with van der Waals surface area (Å²) in [6, 6.07) is 99.4. The maximum absolute atomic E-state index is 6.44. The summed E-state index contributed by atoms with van der Waals surface area (Å²) in [6.07, 6.45) is 4.28. The lowest BCUT2D eigenvalue weighted by Crippen LogP contribution is -2.18. The van der Waals surface area contributed by atoms with Gasteiger partial charge in [0.15, 0.2) is 0 Å². The van der Waals surface area contributed by atoms with Crippen molar-refractivity contribution >= 4 is 88.5 Å². The average molecular weight is 1250 g/mol. The van der Waals surface area contributed by atoms with Crippen LogP contribution in [0.15, 0.2) is 267 Å². The number of fused-ring (bicyclic) bond motifs is 7. The monoisotopic (exact) mass is 1250 g/mol. The van der Waals surface area contributed by atoms with Crippen LogP contribution in [0.4, 0.5) is 0 Å². The number of aromatic nitrogens is 2. The number of hydrogen-bond donors (Lipinski definition) is 0. The van der Waals surface area contributed by atoms with Gasteiger partial charge in [0.05, 0.1) is 23.9 Å². The SMILES string of the molecule is CC1CCc2cc(-c3cc(-c4ccc(-c5cc(-c6ccc7c(c6)CCC(C)O7)c(-c6cc(-c7cccc8ccccc78)cc(-c7cccc8ccccc78)c6)s5)c5nsnc45)sc3-c3cc(-c4cccc5ccccc45)cc(-c4cccc5ccccc45)c3)ccc2O1. The van der Waals surface area contributed by atoms with E-state index in [1.165, 1.54) is 142 Å². The molecule has 0 bridgehead atoms. The fourth-order valence-electron chi connectivity index (χ4n) is 14.6. The van der Waals surface area contributed by atoms with Crippen molar-refractivity contribution in [3.63, 3.8) is 0 Å². The lowest BCUT2D eigenvalue weighted by molar-refractivity contribution is 0.192. The van der Waals surface area contributed by atoms with E-state index in [0.717, 1.165) is 80.2 Å². The van der Waals surface area contributed by atoms with E-state index in [0.29, 0.717) is 0 Å². The summed E-state index contributed by atoms with van der Waals surface area (Å²) in [5.74, 6) is 1.96. The molecule has 0 saturated carbocycles. The molecule has 2 aliphatic heterocycles. The minimum atomic E-state index is 0.184. The highest BCUT2D eigenvalue weighted by atomic mass is 32.1. The van der Waals surface area contributed by atoms with Crippen molar-refractivity contribution in [2.75, 3.05) is 0 Å².